The number of benzene rings is 1. The van der Waals surface area contributed by atoms with Gasteiger partial charge >= 0.3 is 0 Å². The molecule has 0 aliphatic heterocycles. The number of nitrogens with zero attached hydrogens (tertiary/aromatic N) is 1. The lowest BCUT2D eigenvalue weighted by Crippen LogP contribution is -2.30. The Bertz CT molecular complexity index is 714. The average Bonchev–Trinajstić information content (AvgIpc) is 2.94. The fourth-order valence-corrected chi connectivity index (χ4v) is 4.57. The Kier molecular flexibility index (Phi) is 4.90. The van der Waals surface area contributed by atoms with E-state index in [2.05, 4.69) is 22.5 Å². The maximum atomic E-state index is 12.6. The molecule has 0 unspecified atom stereocenters. The van der Waals surface area contributed by atoms with Gasteiger partial charge in [-0.1, -0.05) is 23.7 Å². The molecule has 1 aromatic heterocycles. The van der Waals surface area contributed by atoms with Crippen molar-refractivity contribution in [3.8, 4) is 0 Å². The van der Waals surface area contributed by atoms with Crippen molar-refractivity contribution in [2.24, 2.45) is 0 Å². The Morgan fingerprint density at radius 1 is 1.40 bits per heavy atom. The maximum absolute atomic E-state index is 12.6. The molecule has 0 aliphatic carbocycles. The van der Waals surface area contributed by atoms with Crippen LogP contribution in [0.3, 0.4) is 0 Å². The maximum Gasteiger partial charge on any atom is 0.274 e. The van der Waals surface area contributed by atoms with Crippen LogP contribution in [0, 0.1) is 0 Å². The standard InChI is InChI=1S/C13H11BrClNO2S2/c1-2-7-16(10-5-6-11(14)12(15)9-10)20(17,18)13-4-3-8-19-13/h2-6,8-9H,1,7H2. The van der Waals surface area contributed by atoms with E-state index in [0.29, 0.717) is 14.9 Å². The molecule has 0 saturated carbocycles. The lowest BCUT2D eigenvalue weighted by molar-refractivity contribution is 0.595. The van der Waals surface area contributed by atoms with Crippen molar-refractivity contribution < 1.29 is 8.42 Å². The van der Waals surface area contributed by atoms with Crippen molar-refractivity contribution in [1.29, 1.82) is 0 Å². The van der Waals surface area contributed by atoms with E-state index in [1.54, 1.807) is 41.8 Å². The van der Waals surface area contributed by atoms with Gasteiger partial charge in [0.15, 0.2) is 0 Å². The molecule has 0 aliphatic rings. The summed E-state index contributed by atoms with van der Waals surface area (Å²) in [6.45, 7) is 3.79. The van der Waals surface area contributed by atoms with Crippen molar-refractivity contribution in [2.75, 3.05) is 10.8 Å². The van der Waals surface area contributed by atoms with Crippen LogP contribution in [0.1, 0.15) is 0 Å². The highest BCUT2D eigenvalue weighted by Crippen LogP contribution is 2.31. The monoisotopic (exact) mass is 391 g/mol. The smallest absolute Gasteiger partial charge is 0.262 e. The summed E-state index contributed by atoms with van der Waals surface area (Å²) in [6, 6.07) is 8.32. The molecule has 106 valence electrons. The van der Waals surface area contributed by atoms with Crippen LogP contribution in [0.2, 0.25) is 5.02 Å². The van der Waals surface area contributed by atoms with Gasteiger partial charge in [-0.2, -0.15) is 0 Å². The first-order valence-corrected chi connectivity index (χ1v) is 9.08. The van der Waals surface area contributed by atoms with E-state index in [9.17, 15) is 8.42 Å². The average molecular weight is 393 g/mol. The van der Waals surface area contributed by atoms with E-state index in [1.807, 2.05) is 0 Å². The van der Waals surface area contributed by atoms with Gasteiger partial charge in [-0.15, -0.1) is 17.9 Å². The molecule has 1 aromatic carbocycles. The van der Waals surface area contributed by atoms with Crippen LogP contribution in [-0.2, 0) is 10.0 Å². The van der Waals surface area contributed by atoms with Crippen molar-refractivity contribution >= 4 is 54.6 Å². The fourth-order valence-electron chi connectivity index (χ4n) is 1.62. The molecule has 2 rings (SSSR count). The van der Waals surface area contributed by atoms with E-state index in [1.165, 1.54) is 15.6 Å². The Morgan fingerprint density at radius 3 is 2.70 bits per heavy atom. The van der Waals surface area contributed by atoms with Crippen molar-refractivity contribution in [2.45, 2.75) is 4.21 Å². The second-order valence-electron chi connectivity index (χ2n) is 3.86. The van der Waals surface area contributed by atoms with Gasteiger partial charge in [-0.3, -0.25) is 4.31 Å². The number of anilines is 1. The second-order valence-corrected chi connectivity index (χ2v) is 8.15. The molecule has 0 bridgehead atoms. The van der Waals surface area contributed by atoms with Crippen molar-refractivity contribution in [3.63, 3.8) is 0 Å². The van der Waals surface area contributed by atoms with Crippen molar-refractivity contribution in [1.82, 2.24) is 0 Å². The Balaban J connectivity index is 2.51. The first-order valence-electron chi connectivity index (χ1n) is 5.59. The summed E-state index contributed by atoms with van der Waals surface area (Å²) in [7, 11) is -3.60. The fraction of sp³-hybridized carbons (Fsp3) is 0.0769. The van der Waals surface area contributed by atoms with Gasteiger partial charge in [0.05, 0.1) is 17.3 Å². The lowest BCUT2D eigenvalue weighted by atomic mass is 10.3. The van der Waals surface area contributed by atoms with E-state index in [4.69, 9.17) is 11.6 Å². The molecule has 0 radical (unpaired) electrons. The molecule has 0 atom stereocenters. The van der Waals surface area contributed by atoms with Gasteiger partial charge in [0, 0.05) is 4.47 Å². The first kappa shape index (κ1) is 15.6. The number of halogens is 2. The van der Waals surface area contributed by atoms with Gasteiger partial charge in [0.25, 0.3) is 10.0 Å². The highest BCUT2D eigenvalue weighted by atomic mass is 79.9. The van der Waals surface area contributed by atoms with Crippen LogP contribution < -0.4 is 4.31 Å². The Labute approximate surface area is 135 Å². The predicted octanol–water partition coefficient (Wildman–Crippen LogP) is 4.55. The molecule has 0 saturated heterocycles. The van der Waals surface area contributed by atoms with Crippen molar-refractivity contribution in [3.05, 3.63) is 57.9 Å². The summed E-state index contributed by atoms with van der Waals surface area (Å²) in [5.41, 5.74) is 0.506. The van der Waals surface area contributed by atoms with Crippen LogP contribution in [0.15, 0.2) is 57.0 Å². The van der Waals surface area contributed by atoms with Crippen LogP contribution in [0.5, 0.6) is 0 Å². The third-order valence-electron chi connectivity index (χ3n) is 2.53. The predicted molar refractivity (Wildman–Crippen MR) is 88.2 cm³/mol. The number of thiophene rings is 1. The van der Waals surface area contributed by atoms with E-state index >= 15 is 0 Å². The lowest BCUT2D eigenvalue weighted by Gasteiger charge is -2.22. The zero-order valence-corrected chi connectivity index (χ0v) is 14.3. The minimum absolute atomic E-state index is 0.179. The molecule has 20 heavy (non-hydrogen) atoms. The molecule has 0 N–H and O–H groups in total. The Morgan fingerprint density at radius 2 is 2.15 bits per heavy atom. The molecular formula is C13H11BrClNO2S2. The highest BCUT2D eigenvalue weighted by molar-refractivity contribution is 9.10. The molecule has 3 nitrogen and oxygen atoms in total. The first-order chi connectivity index (χ1) is 9.46. The van der Waals surface area contributed by atoms with Crippen LogP contribution in [-0.4, -0.2) is 15.0 Å². The molecule has 0 fully saturated rings. The topological polar surface area (TPSA) is 37.4 Å². The van der Waals surface area contributed by atoms with Gasteiger partial charge in [-0.25, -0.2) is 8.42 Å². The van der Waals surface area contributed by atoms with E-state index in [-0.39, 0.29) is 6.54 Å². The largest absolute Gasteiger partial charge is 0.274 e. The molecule has 0 amide bonds. The minimum atomic E-state index is -3.60. The summed E-state index contributed by atoms with van der Waals surface area (Å²) in [4.78, 5) is 0. The highest BCUT2D eigenvalue weighted by Gasteiger charge is 2.25. The zero-order chi connectivity index (χ0) is 14.8. The van der Waals surface area contributed by atoms with Crippen LogP contribution in [0.25, 0.3) is 0 Å². The van der Waals surface area contributed by atoms with Gasteiger partial charge in [0.2, 0.25) is 0 Å². The SMILES string of the molecule is C=CCN(c1ccc(Br)c(Cl)c1)S(=O)(=O)c1cccs1. The van der Waals surface area contributed by atoms with E-state index in [0.717, 1.165) is 4.47 Å². The summed E-state index contributed by atoms with van der Waals surface area (Å²) in [5.74, 6) is 0. The summed E-state index contributed by atoms with van der Waals surface area (Å²) in [6.07, 6.45) is 1.54. The van der Waals surface area contributed by atoms with E-state index < -0.39 is 10.0 Å². The number of rotatable bonds is 5. The number of hydrogen-bond donors (Lipinski definition) is 0. The van der Waals surface area contributed by atoms with Crippen LogP contribution in [0.4, 0.5) is 5.69 Å². The summed E-state index contributed by atoms with van der Waals surface area (Å²) >= 11 is 10.5. The number of sulfonamides is 1. The molecule has 2 aromatic rings. The third-order valence-corrected chi connectivity index (χ3v) is 6.92. The molecule has 1 heterocycles. The molecular weight excluding hydrogens is 382 g/mol. The minimum Gasteiger partial charge on any atom is -0.262 e. The summed E-state index contributed by atoms with van der Waals surface area (Å²) in [5, 5.41) is 2.19. The Hall–Kier alpha value is -0.820. The molecule has 0 spiro atoms. The number of hydrogen-bond acceptors (Lipinski definition) is 3. The van der Waals surface area contributed by atoms with Gasteiger partial charge < -0.3 is 0 Å². The normalized spacial score (nSPS) is 11.3. The third kappa shape index (κ3) is 3.09. The zero-order valence-electron chi connectivity index (χ0n) is 10.3. The van der Waals surface area contributed by atoms with Gasteiger partial charge in [-0.05, 0) is 45.6 Å². The van der Waals surface area contributed by atoms with Gasteiger partial charge in [0.1, 0.15) is 4.21 Å². The quantitative estimate of drug-likeness (QED) is 0.700. The summed E-state index contributed by atoms with van der Waals surface area (Å²) < 4.78 is 27.5. The second kappa shape index (κ2) is 6.30. The molecule has 7 heteroatoms. The van der Waals surface area contributed by atoms with Crippen LogP contribution >= 0.6 is 38.9 Å².